The molecule has 0 unspecified atom stereocenters. The first-order chi connectivity index (χ1) is 11.5. The summed E-state index contributed by atoms with van der Waals surface area (Å²) in [5.74, 6) is -0.291. The second-order valence-corrected chi connectivity index (χ2v) is 7.09. The molecule has 7 heteroatoms. The van der Waals surface area contributed by atoms with Gasteiger partial charge in [0.15, 0.2) is 0 Å². The number of carbonyl (C=O) groups excluding carboxylic acids is 1. The molecule has 2 N–H and O–H groups in total. The predicted octanol–water partition coefficient (Wildman–Crippen LogP) is 2.45. The molecule has 0 saturated carbocycles. The Hall–Kier alpha value is -2.15. The minimum Gasteiger partial charge on any atom is -0.351 e. The van der Waals surface area contributed by atoms with E-state index in [1.165, 1.54) is 18.2 Å². The number of sulfonamides is 1. The molecule has 24 heavy (non-hydrogen) atoms. The first-order valence-electron chi connectivity index (χ1n) is 7.23. The van der Waals surface area contributed by atoms with Crippen LogP contribution in [0.5, 0.6) is 0 Å². The van der Waals surface area contributed by atoms with Gasteiger partial charge in [-0.2, -0.15) is 0 Å². The van der Waals surface area contributed by atoms with Crippen LogP contribution in [0, 0.1) is 0 Å². The van der Waals surface area contributed by atoms with Crippen molar-refractivity contribution < 1.29 is 13.2 Å². The van der Waals surface area contributed by atoms with Crippen LogP contribution in [0.15, 0.2) is 65.6 Å². The number of hydrogen-bond donors (Lipinski definition) is 2. The number of rotatable bonds is 7. The average molecular weight is 365 g/mol. The maximum Gasteiger partial charge on any atom is 0.244 e. The second kappa shape index (κ2) is 8.63. The summed E-state index contributed by atoms with van der Waals surface area (Å²) in [4.78, 5) is 11.8. The lowest BCUT2D eigenvalue weighted by Crippen LogP contribution is -2.34. The third kappa shape index (κ3) is 5.81. The van der Waals surface area contributed by atoms with Gasteiger partial charge < -0.3 is 5.32 Å². The van der Waals surface area contributed by atoms with Crippen molar-refractivity contribution in [2.75, 3.05) is 13.1 Å². The van der Waals surface area contributed by atoms with E-state index < -0.39 is 10.0 Å². The minimum atomic E-state index is -3.64. The van der Waals surface area contributed by atoms with Gasteiger partial charge in [0.25, 0.3) is 0 Å². The van der Waals surface area contributed by atoms with Crippen molar-refractivity contribution in [2.45, 2.75) is 4.90 Å². The zero-order valence-corrected chi connectivity index (χ0v) is 14.3. The van der Waals surface area contributed by atoms with Gasteiger partial charge in [0, 0.05) is 24.2 Å². The van der Waals surface area contributed by atoms with Crippen LogP contribution in [0.4, 0.5) is 0 Å². The summed E-state index contributed by atoms with van der Waals surface area (Å²) in [5, 5.41) is 2.95. The van der Waals surface area contributed by atoms with Gasteiger partial charge in [-0.3, -0.25) is 4.79 Å². The molecule has 0 aliphatic rings. The van der Waals surface area contributed by atoms with Crippen molar-refractivity contribution in [3.8, 4) is 0 Å². The van der Waals surface area contributed by atoms with Gasteiger partial charge in [-0.15, -0.1) is 0 Å². The fourth-order valence-electron chi connectivity index (χ4n) is 1.88. The zero-order valence-electron chi connectivity index (χ0n) is 12.8. The topological polar surface area (TPSA) is 75.3 Å². The van der Waals surface area contributed by atoms with Gasteiger partial charge in [0.05, 0.1) is 4.90 Å². The molecule has 0 fully saturated rings. The van der Waals surface area contributed by atoms with E-state index in [0.717, 1.165) is 5.56 Å². The average Bonchev–Trinajstić information content (AvgIpc) is 2.58. The first kappa shape index (κ1) is 18.2. The normalized spacial score (nSPS) is 11.5. The summed E-state index contributed by atoms with van der Waals surface area (Å²) < 4.78 is 26.5. The first-order valence-corrected chi connectivity index (χ1v) is 9.10. The van der Waals surface area contributed by atoms with Crippen LogP contribution in [0.2, 0.25) is 5.02 Å². The Morgan fingerprint density at radius 3 is 2.50 bits per heavy atom. The highest BCUT2D eigenvalue weighted by atomic mass is 35.5. The van der Waals surface area contributed by atoms with Crippen molar-refractivity contribution in [1.29, 1.82) is 0 Å². The second-order valence-electron chi connectivity index (χ2n) is 4.89. The molecule has 0 heterocycles. The van der Waals surface area contributed by atoms with E-state index in [9.17, 15) is 13.2 Å². The van der Waals surface area contributed by atoms with Crippen molar-refractivity contribution in [1.82, 2.24) is 10.0 Å². The van der Waals surface area contributed by atoms with Crippen LogP contribution in [0.3, 0.4) is 0 Å². The molecule has 0 saturated heterocycles. The van der Waals surface area contributed by atoms with E-state index >= 15 is 0 Å². The van der Waals surface area contributed by atoms with Crippen molar-refractivity contribution in [3.05, 3.63) is 71.3 Å². The summed E-state index contributed by atoms with van der Waals surface area (Å²) in [6.07, 6.45) is 3.09. The summed E-state index contributed by atoms with van der Waals surface area (Å²) in [5.41, 5.74) is 0.911. The highest BCUT2D eigenvalue weighted by Gasteiger charge is 2.13. The Labute approximate surface area is 146 Å². The van der Waals surface area contributed by atoms with Crippen LogP contribution in [-0.2, 0) is 14.8 Å². The van der Waals surface area contributed by atoms with Crippen molar-refractivity contribution in [2.24, 2.45) is 0 Å². The van der Waals surface area contributed by atoms with Crippen LogP contribution >= 0.6 is 11.6 Å². The summed E-state index contributed by atoms with van der Waals surface area (Å²) in [7, 11) is -3.64. The van der Waals surface area contributed by atoms with Crippen LogP contribution in [-0.4, -0.2) is 27.4 Å². The van der Waals surface area contributed by atoms with Crippen LogP contribution in [0.1, 0.15) is 5.56 Å². The third-order valence-electron chi connectivity index (χ3n) is 3.05. The smallest absolute Gasteiger partial charge is 0.244 e. The largest absolute Gasteiger partial charge is 0.351 e. The molecule has 0 aliphatic carbocycles. The number of amides is 1. The number of carbonyl (C=O) groups is 1. The molecule has 5 nitrogen and oxygen atoms in total. The number of halogens is 1. The fourth-order valence-corrected chi connectivity index (χ4v) is 3.22. The molecular formula is C17H17ClN2O3S. The molecule has 2 rings (SSSR count). The van der Waals surface area contributed by atoms with Gasteiger partial charge in [-0.1, -0.05) is 48.0 Å². The Morgan fingerprint density at radius 2 is 1.79 bits per heavy atom. The lowest BCUT2D eigenvalue weighted by Gasteiger charge is -2.07. The van der Waals surface area contributed by atoms with E-state index in [-0.39, 0.29) is 23.9 Å². The molecule has 1 amide bonds. The van der Waals surface area contributed by atoms with Gasteiger partial charge >= 0.3 is 0 Å². The number of benzene rings is 2. The van der Waals surface area contributed by atoms with Gasteiger partial charge in [-0.25, -0.2) is 13.1 Å². The third-order valence-corrected chi connectivity index (χ3v) is 4.74. The zero-order chi connectivity index (χ0) is 17.4. The standard InChI is InChI=1S/C17H17ClN2O3S/c18-15-7-4-8-16(13-15)24(22,23)20-12-11-19-17(21)10-9-14-5-2-1-3-6-14/h1-10,13,20H,11-12H2,(H,19,21)/b10-9+. The van der Waals surface area contributed by atoms with Gasteiger partial charge in [-0.05, 0) is 29.8 Å². The SMILES string of the molecule is O=C(/C=C/c1ccccc1)NCCNS(=O)(=O)c1cccc(Cl)c1. The monoisotopic (exact) mass is 364 g/mol. The molecule has 0 bridgehead atoms. The molecule has 0 aliphatic heterocycles. The van der Waals surface area contributed by atoms with Gasteiger partial charge in [0.1, 0.15) is 0 Å². The molecule has 0 aromatic heterocycles. The van der Waals surface area contributed by atoms with Crippen LogP contribution in [0.25, 0.3) is 6.08 Å². The molecule has 0 atom stereocenters. The van der Waals surface area contributed by atoms with E-state index in [1.807, 2.05) is 30.3 Å². The molecule has 126 valence electrons. The van der Waals surface area contributed by atoms with E-state index in [4.69, 9.17) is 11.6 Å². The number of nitrogens with one attached hydrogen (secondary N) is 2. The molecule has 0 spiro atoms. The van der Waals surface area contributed by atoms with Gasteiger partial charge in [0.2, 0.25) is 15.9 Å². The highest BCUT2D eigenvalue weighted by Crippen LogP contribution is 2.14. The fraction of sp³-hybridized carbons (Fsp3) is 0.118. The Balaban J connectivity index is 1.78. The Bertz CT molecular complexity index is 821. The molecule has 2 aromatic carbocycles. The summed E-state index contributed by atoms with van der Waals surface area (Å²) >= 11 is 5.78. The van der Waals surface area contributed by atoms with Crippen LogP contribution < -0.4 is 10.0 Å². The minimum absolute atomic E-state index is 0.0831. The van der Waals surface area contributed by atoms with E-state index in [1.54, 1.807) is 18.2 Å². The maximum atomic E-state index is 12.0. The van der Waals surface area contributed by atoms with Crippen molar-refractivity contribution in [3.63, 3.8) is 0 Å². The van der Waals surface area contributed by atoms with Crippen molar-refractivity contribution >= 4 is 33.6 Å². The lowest BCUT2D eigenvalue weighted by atomic mass is 10.2. The predicted molar refractivity (Wildman–Crippen MR) is 95.1 cm³/mol. The Morgan fingerprint density at radius 1 is 1.04 bits per heavy atom. The molecule has 2 aromatic rings. The highest BCUT2D eigenvalue weighted by molar-refractivity contribution is 7.89. The maximum absolute atomic E-state index is 12.0. The Kier molecular flexibility index (Phi) is 6.54. The van der Waals surface area contributed by atoms with E-state index in [2.05, 4.69) is 10.0 Å². The lowest BCUT2D eigenvalue weighted by molar-refractivity contribution is -0.116. The summed E-state index contributed by atoms with van der Waals surface area (Å²) in [6, 6.07) is 15.4. The summed E-state index contributed by atoms with van der Waals surface area (Å²) in [6.45, 7) is 0.261. The molecule has 0 radical (unpaired) electrons. The van der Waals surface area contributed by atoms with E-state index in [0.29, 0.717) is 5.02 Å². The molecular weight excluding hydrogens is 348 g/mol. The number of hydrogen-bond acceptors (Lipinski definition) is 3. The quantitative estimate of drug-likeness (QED) is 0.585.